The number of anilines is 2. The normalized spacial score (nSPS) is 13.8. The molecule has 0 aromatic heterocycles. The molecule has 1 heterocycles. The molecular formula is C23H28N4O5. The molecule has 32 heavy (non-hydrogen) atoms. The van der Waals surface area contributed by atoms with Gasteiger partial charge in [-0.2, -0.15) is 0 Å². The Bertz CT molecular complexity index is 982. The molecule has 1 aliphatic heterocycles. The lowest BCUT2D eigenvalue weighted by atomic mass is 10.1. The molecule has 2 aromatic rings. The number of amides is 2. The Kier molecular flexibility index (Phi) is 7.29. The first-order valence-corrected chi connectivity index (χ1v) is 10.7. The van der Waals surface area contributed by atoms with E-state index in [2.05, 4.69) is 10.2 Å². The quantitative estimate of drug-likeness (QED) is 0.521. The predicted molar refractivity (Wildman–Crippen MR) is 122 cm³/mol. The summed E-state index contributed by atoms with van der Waals surface area (Å²) in [7, 11) is 0. The van der Waals surface area contributed by atoms with Gasteiger partial charge in [0.15, 0.2) is 5.75 Å². The van der Waals surface area contributed by atoms with Crippen LogP contribution in [0.4, 0.5) is 17.1 Å². The van der Waals surface area contributed by atoms with Crippen molar-refractivity contribution in [3.8, 4) is 5.75 Å². The fourth-order valence-corrected chi connectivity index (χ4v) is 3.59. The number of nitro benzene ring substituents is 1. The molecule has 1 fully saturated rings. The summed E-state index contributed by atoms with van der Waals surface area (Å²) in [6.45, 7) is 8.72. The number of nitrogens with zero attached hydrogens (tertiary/aromatic N) is 3. The van der Waals surface area contributed by atoms with Crippen LogP contribution >= 0.6 is 0 Å². The minimum Gasteiger partial charge on any atom is -0.487 e. The Hall–Kier alpha value is -3.62. The van der Waals surface area contributed by atoms with Crippen molar-refractivity contribution < 1.29 is 19.2 Å². The highest BCUT2D eigenvalue weighted by Gasteiger charge is 2.23. The second-order valence-corrected chi connectivity index (χ2v) is 7.84. The lowest BCUT2D eigenvalue weighted by molar-refractivity contribution is -0.385. The Morgan fingerprint density at radius 2 is 1.75 bits per heavy atom. The van der Waals surface area contributed by atoms with Crippen molar-refractivity contribution >= 4 is 28.9 Å². The van der Waals surface area contributed by atoms with E-state index in [1.807, 2.05) is 30.9 Å². The average molecular weight is 441 g/mol. The van der Waals surface area contributed by atoms with E-state index in [0.717, 1.165) is 18.8 Å². The average Bonchev–Trinajstić information content (AvgIpc) is 2.79. The van der Waals surface area contributed by atoms with Crippen LogP contribution < -0.4 is 15.0 Å². The van der Waals surface area contributed by atoms with E-state index in [1.54, 1.807) is 19.1 Å². The number of hydrogen-bond acceptors (Lipinski definition) is 6. The summed E-state index contributed by atoms with van der Waals surface area (Å²) in [6.07, 6.45) is 0. The van der Waals surface area contributed by atoms with Gasteiger partial charge in [-0.3, -0.25) is 19.7 Å². The van der Waals surface area contributed by atoms with Gasteiger partial charge in [0.2, 0.25) is 5.91 Å². The Balaban J connectivity index is 1.62. The smallest absolute Gasteiger partial charge is 0.311 e. The molecule has 0 radical (unpaired) electrons. The maximum absolute atomic E-state index is 12.6. The Labute approximate surface area is 187 Å². The lowest BCUT2D eigenvalue weighted by Gasteiger charge is -2.37. The second kappa shape index (κ2) is 10.1. The molecule has 1 N–H and O–H groups in total. The standard InChI is InChI=1S/C23H28N4O5/c1-4-32-21-10-5-17(15-20(21)27(30)31)22(28)24-18-6-8-19(9-7-18)25-11-13-26(14-12-25)23(29)16(2)3/h5-10,15-16H,4,11-14H2,1-3H3,(H,24,28). The van der Waals surface area contributed by atoms with Gasteiger partial charge < -0.3 is 19.9 Å². The van der Waals surface area contributed by atoms with Crippen LogP contribution in [0.5, 0.6) is 5.75 Å². The van der Waals surface area contributed by atoms with Crippen LogP contribution in [-0.2, 0) is 4.79 Å². The number of nitrogens with one attached hydrogen (secondary N) is 1. The van der Waals surface area contributed by atoms with Crippen LogP contribution in [0.15, 0.2) is 42.5 Å². The molecule has 0 bridgehead atoms. The first-order valence-electron chi connectivity index (χ1n) is 10.7. The third-order valence-corrected chi connectivity index (χ3v) is 5.29. The van der Waals surface area contributed by atoms with Gasteiger partial charge in [0, 0.05) is 55.1 Å². The summed E-state index contributed by atoms with van der Waals surface area (Å²) in [4.78, 5) is 39.5. The van der Waals surface area contributed by atoms with Gasteiger partial charge in [-0.1, -0.05) is 13.8 Å². The van der Waals surface area contributed by atoms with Gasteiger partial charge in [0.1, 0.15) is 0 Å². The molecule has 3 rings (SSSR count). The van der Waals surface area contributed by atoms with Crippen LogP contribution in [0.2, 0.25) is 0 Å². The third-order valence-electron chi connectivity index (χ3n) is 5.29. The van der Waals surface area contributed by atoms with E-state index in [0.29, 0.717) is 25.4 Å². The maximum atomic E-state index is 12.6. The highest BCUT2D eigenvalue weighted by Crippen LogP contribution is 2.28. The Morgan fingerprint density at radius 3 is 2.31 bits per heavy atom. The number of benzene rings is 2. The fourth-order valence-electron chi connectivity index (χ4n) is 3.59. The minimum atomic E-state index is -0.564. The third kappa shape index (κ3) is 5.35. The van der Waals surface area contributed by atoms with Gasteiger partial charge in [-0.05, 0) is 43.3 Å². The monoisotopic (exact) mass is 440 g/mol. The molecule has 170 valence electrons. The van der Waals surface area contributed by atoms with Crippen molar-refractivity contribution in [3.05, 3.63) is 58.1 Å². The van der Waals surface area contributed by atoms with Crippen LogP contribution in [0.3, 0.4) is 0 Å². The molecule has 0 aliphatic carbocycles. The molecule has 1 saturated heterocycles. The van der Waals surface area contributed by atoms with Crippen molar-refractivity contribution in [1.29, 1.82) is 0 Å². The first kappa shape index (κ1) is 23.1. The molecule has 0 spiro atoms. The van der Waals surface area contributed by atoms with Crippen LogP contribution in [0, 0.1) is 16.0 Å². The van der Waals surface area contributed by atoms with Gasteiger partial charge in [0.05, 0.1) is 11.5 Å². The summed E-state index contributed by atoms with van der Waals surface area (Å²) in [6, 6.07) is 11.6. The van der Waals surface area contributed by atoms with Crippen LogP contribution in [0.1, 0.15) is 31.1 Å². The fraction of sp³-hybridized carbons (Fsp3) is 0.391. The molecular weight excluding hydrogens is 412 g/mol. The van der Waals surface area contributed by atoms with Gasteiger partial charge in [-0.25, -0.2) is 0 Å². The van der Waals surface area contributed by atoms with Gasteiger partial charge in [-0.15, -0.1) is 0 Å². The van der Waals surface area contributed by atoms with Crippen LogP contribution in [0.25, 0.3) is 0 Å². The zero-order chi connectivity index (χ0) is 23.3. The largest absolute Gasteiger partial charge is 0.487 e. The summed E-state index contributed by atoms with van der Waals surface area (Å²) in [5.41, 5.74) is 1.53. The number of carbonyl (C=O) groups is 2. The predicted octanol–water partition coefficient (Wildman–Crippen LogP) is 3.55. The zero-order valence-electron chi connectivity index (χ0n) is 18.5. The minimum absolute atomic E-state index is 0.00116. The first-order chi connectivity index (χ1) is 15.3. The maximum Gasteiger partial charge on any atom is 0.311 e. The molecule has 0 atom stereocenters. The van der Waals surface area contributed by atoms with Crippen molar-refractivity contribution in [3.63, 3.8) is 0 Å². The molecule has 9 nitrogen and oxygen atoms in total. The van der Waals surface area contributed by atoms with Crippen molar-refractivity contribution in [1.82, 2.24) is 4.90 Å². The molecule has 9 heteroatoms. The highest BCUT2D eigenvalue weighted by atomic mass is 16.6. The molecule has 2 aromatic carbocycles. The zero-order valence-corrected chi connectivity index (χ0v) is 18.5. The van der Waals surface area contributed by atoms with Crippen LogP contribution in [-0.4, -0.2) is 54.4 Å². The number of ether oxygens (including phenoxy) is 1. The van der Waals surface area contributed by atoms with Crippen molar-refractivity contribution in [2.24, 2.45) is 5.92 Å². The second-order valence-electron chi connectivity index (χ2n) is 7.84. The summed E-state index contributed by atoms with van der Waals surface area (Å²) in [5.74, 6) is -0.128. The topological polar surface area (TPSA) is 105 Å². The number of rotatable bonds is 7. The molecule has 2 amide bonds. The number of carbonyl (C=O) groups excluding carboxylic acids is 2. The molecule has 0 saturated carbocycles. The molecule has 1 aliphatic rings. The summed E-state index contributed by atoms with van der Waals surface area (Å²) >= 11 is 0. The van der Waals surface area contributed by atoms with Gasteiger partial charge >= 0.3 is 5.69 Å². The van der Waals surface area contributed by atoms with E-state index in [-0.39, 0.29) is 28.8 Å². The lowest BCUT2D eigenvalue weighted by Crippen LogP contribution is -2.49. The van der Waals surface area contributed by atoms with E-state index in [9.17, 15) is 19.7 Å². The molecule has 0 unspecified atom stereocenters. The number of hydrogen-bond donors (Lipinski definition) is 1. The SMILES string of the molecule is CCOc1ccc(C(=O)Nc2ccc(N3CCN(C(=O)C(C)C)CC3)cc2)cc1[N+](=O)[O-]. The van der Waals surface area contributed by atoms with Crippen molar-refractivity contribution in [2.75, 3.05) is 43.0 Å². The summed E-state index contributed by atoms with van der Waals surface area (Å²) < 4.78 is 5.25. The van der Waals surface area contributed by atoms with E-state index < -0.39 is 10.8 Å². The van der Waals surface area contributed by atoms with Gasteiger partial charge in [0.25, 0.3) is 5.91 Å². The van der Waals surface area contributed by atoms with E-state index in [1.165, 1.54) is 18.2 Å². The number of piperazine rings is 1. The van der Waals surface area contributed by atoms with E-state index in [4.69, 9.17) is 4.74 Å². The summed E-state index contributed by atoms with van der Waals surface area (Å²) in [5, 5.41) is 14.0. The van der Waals surface area contributed by atoms with Crippen molar-refractivity contribution in [2.45, 2.75) is 20.8 Å². The highest BCUT2D eigenvalue weighted by molar-refractivity contribution is 6.04. The van der Waals surface area contributed by atoms with E-state index >= 15 is 0 Å². The Morgan fingerprint density at radius 1 is 1.09 bits per heavy atom. The number of nitro groups is 1.